The number of nitrogens with zero attached hydrogens (tertiary/aromatic N) is 4. The number of aliphatic hydroxyl groups excluding tert-OH is 1. The van der Waals surface area contributed by atoms with Crippen LogP contribution in [0.1, 0.15) is 29.2 Å². The summed E-state index contributed by atoms with van der Waals surface area (Å²) in [6.45, 7) is -0.347. The molecular weight excluding hydrogens is 503 g/mol. The zero-order chi connectivity index (χ0) is 27.5. The Morgan fingerprint density at radius 2 is 1.87 bits per heavy atom. The van der Waals surface area contributed by atoms with Gasteiger partial charge in [0.15, 0.2) is 11.6 Å². The lowest BCUT2D eigenvalue weighted by Gasteiger charge is -2.31. The van der Waals surface area contributed by atoms with Crippen molar-refractivity contribution in [1.29, 1.82) is 0 Å². The van der Waals surface area contributed by atoms with Gasteiger partial charge in [0.25, 0.3) is 5.91 Å². The lowest BCUT2D eigenvalue weighted by atomic mass is 9.81. The number of carbonyl (C=O) groups excluding carboxylic acids is 1. The monoisotopic (exact) mass is 532 g/mol. The Morgan fingerprint density at radius 3 is 2.59 bits per heavy atom. The Kier molecular flexibility index (Phi) is 9.47. The zero-order valence-corrected chi connectivity index (χ0v) is 21.2. The van der Waals surface area contributed by atoms with Gasteiger partial charge in [0.05, 0.1) is 6.61 Å². The highest BCUT2D eigenvalue weighted by Gasteiger charge is 2.53. The first-order chi connectivity index (χ1) is 19.1. The van der Waals surface area contributed by atoms with Crippen molar-refractivity contribution in [2.24, 2.45) is 10.1 Å². The topological polar surface area (TPSA) is 141 Å². The molecule has 39 heavy (non-hydrogen) atoms. The smallest absolute Gasteiger partial charge is 0.266 e. The van der Waals surface area contributed by atoms with E-state index in [4.69, 9.17) is 19.6 Å². The minimum absolute atomic E-state index is 0.0349. The summed E-state index contributed by atoms with van der Waals surface area (Å²) in [5.74, 6) is 0.300. The number of hydrogen-bond acceptors (Lipinski definition) is 7. The predicted octanol–water partition coefficient (Wildman–Crippen LogP) is 4.48. The van der Waals surface area contributed by atoms with Crippen LogP contribution in [0.2, 0.25) is 0 Å². The van der Waals surface area contributed by atoms with Crippen LogP contribution in [0.4, 0.5) is 10.1 Å². The van der Waals surface area contributed by atoms with Gasteiger partial charge in [-0.25, -0.2) is 14.8 Å². The van der Waals surface area contributed by atoms with Gasteiger partial charge < -0.3 is 14.6 Å². The molecule has 0 saturated heterocycles. The van der Waals surface area contributed by atoms with E-state index in [1.165, 1.54) is 0 Å². The molecule has 1 heterocycles. The number of aliphatic imine (C=N–C) groups is 1. The Hall–Kier alpha value is -4.44. The van der Waals surface area contributed by atoms with E-state index < -0.39 is 24.2 Å². The van der Waals surface area contributed by atoms with Gasteiger partial charge in [-0.15, -0.1) is 0 Å². The van der Waals surface area contributed by atoms with Crippen LogP contribution in [0.3, 0.4) is 0 Å². The van der Waals surface area contributed by atoms with E-state index in [0.29, 0.717) is 35.6 Å². The van der Waals surface area contributed by atoms with E-state index in [1.54, 1.807) is 48.5 Å². The first kappa shape index (κ1) is 27.6. The van der Waals surface area contributed by atoms with Gasteiger partial charge in [0.1, 0.15) is 12.4 Å². The Labute approximate surface area is 225 Å². The number of hydrogen-bond donors (Lipinski definition) is 3. The summed E-state index contributed by atoms with van der Waals surface area (Å²) in [6.07, 6.45) is -0.308. The number of carbonyl (C=O) groups is 1. The minimum Gasteiger partial charge on any atom is -0.494 e. The van der Waals surface area contributed by atoms with Crippen LogP contribution in [0.25, 0.3) is 10.4 Å². The van der Waals surface area contributed by atoms with Crippen LogP contribution in [0.15, 0.2) is 89.0 Å². The van der Waals surface area contributed by atoms with Crippen molar-refractivity contribution in [3.8, 4) is 5.75 Å². The van der Waals surface area contributed by atoms with Crippen molar-refractivity contribution in [1.82, 2.24) is 10.9 Å². The molecule has 4 rings (SSSR count). The maximum absolute atomic E-state index is 13.9. The summed E-state index contributed by atoms with van der Waals surface area (Å²) in [5, 5.41) is 12.8. The van der Waals surface area contributed by atoms with E-state index in [-0.39, 0.29) is 25.5 Å². The van der Waals surface area contributed by atoms with Crippen LogP contribution in [-0.2, 0) is 16.0 Å². The lowest BCUT2D eigenvalue weighted by molar-refractivity contribution is -0.130. The average Bonchev–Trinajstić information content (AvgIpc) is 3.35. The molecular formula is C28H29FN6O4. The number of benzene rings is 3. The summed E-state index contributed by atoms with van der Waals surface area (Å²) >= 11 is 0. The second-order valence-electron chi connectivity index (χ2n) is 8.77. The molecule has 0 spiro atoms. The molecule has 10 nitrogen and oxygen atoms in total. The minimum atomic E-state index is -1.53. The Balaban J connectivity index is 1.80. The van der Waals surface area contributed by atoms with Gasteiger partial charge in [-0.3, -0.25) is 10.2 Å². The molecule has 0 radical (unpaired) electrons. The fourth-order valence-electron chi connectivity index (χ4n) is 4.31. The number of alkyl halides is 1. The van der Waals surface area contributed by atoms with E-state index in [9.17, 15) is 14.7 Å². The van der Waals surface area contributed by atoms with E-state index in [2.05, 4.69) is 20.9 Å². The number of hydrazine groups is 1. The molecule has 0 saturated carbocycles. The summed E-state index contributed by atoms with van der Waals surface area (Å²) in [6, 6.07) is 23.2. The maximum Gasteiger partial charge on any atom is 0.266 e. The Morgan fingerprint density at radius 1 is 1.13 bits per heavy atom. The number of aliphatic hydroxyl groups is 1. The van der Waals surface area contributed by atoms with Crippen LogP contribution < -0.4 is 15.6 Å². The average molecular weight is 533 g/mol. The number of halogens is 1. The molecule has 0 aromatic heterocycles. The molecule has 0 fully saturated rings. The second kappa shape index (κ2) is 13.4. The van der Waals surface area contributed by atoms with Gasteiger partial charge in [-0.1, -0.05) is 59.7 Å². The van der Waals surface area contributed by atoms with Crippen LogP contribution in [0.5, 0.6) is 5.75 Å². The highest BCUT2D eigenvalue weighted by atomic mass is 19.1. The van der Waals surface area contributed by atoms with Crippen molar-refractivity contribution in [3.63, 3.8) is 0 Å². The third-order valence-corrected chi connectivity index (χ3v) is 6.14. The fraction of sp³-hybridized carbons (Fsp3) is 0.286. The number of nitrogens with one attached hydrogen (secondary N) is 2. The van der Waals surface area contributed by atoms with Crippen molar-refractivity contribution in [2.75, 3.05) is 26.4 Å². The molecule has 202 valence electrons. The van der Waals surface area contributed by atoms with E-state index >= 15 is 0 Å². The summed E-state index contributed by atoms with van der Waals surface area (Å²) in [5.41, 5.74) is 15.1. The van der Waals surface area contributed by atoms with E-state index in [0.717, 1.165) is 5.56 Å². The normalized spacial score (nSPS) is 18.0. The van der Waals surface area contributed by atoms with Gasteiger partial charge in [0.2, 0.25) is 5.90 Å². The third-order valence-electron chi connectivity index (χ3n) is 6.14. The molecule has 1 aliphatic rings. The number of amides is 1. The quantitative estimate of drug-likeness (QED) is 0.0979. The van der Waals surface area contributed by atoms with Gasteiger partial charge in [-0.2, -0.15) is 0 Å². The van der Waals surface area contributed by atoms with Gasteiger partial charge in [-0.05, 0) is 35.4 Å². The van der Waals surface area contributed by atoms with Crippen molar-refractivity contribution in [2.45, 2.75) is 24.5 Å². The highest BCUT2D eigenvalue weighted by Crippen LogP contribution is 2.45. The molecule has 1 aliphatic heterocycles. The standard InChI is InChI=1S/C28H29FN6O4/c29-15-16-31-34-27(37)28(19-20-7-2-1-3-8-20)25(23-9-4-5-10-24(23)33-35-30)39-26(32-28)21-11-13-22(14-12-21)38-18-6-17-36/h1-5,7-14,25,31,36H,6,15-19H2,(H,34,37)/t25-,28-/m0/s1. The van der Waals surface area contributed by atoms with Crippen molar-refractivity contribution in [3.05, 3.63) is 106 Å². The van der Waals surface area contributed by atoms with Crippen LogP contribution in [-0.4, -0.2) is 48.9 Å². The highest BCUT2D eigenvalue weighted by molar-refractivity contribution is 6.01. The summed E-state index contributed by atoms with van der Waals surface area (Å²) in [7, 11) is 0. The zero-order valence-electron chi connectivity index (χ0n) is 21.2. The van der Waals surface area contributed by atoms with Gasteiger partial charge >= 0.3 is 0 Å². The molecule has 11 heteroatoms. The van der Waals surface area contributed by atoms with Crippen molar-refractivity contribution >= 4 is 17.5 Å². The third kappa shape index (κ3) is 6.53. The molecule has 3 aromatic carbocycles. The summed E-state index contributed by atoms with van der Waals surface area (Å²) < 4.78 is 24.8. The van der Waals surface area contributed by atoms with Crippen LogP contribution in [0, 0.1) is 0 Å². The molecule has 1 amide bonds. The van der Waals surface area contributed by atoms with E-state index in [1.807, 2.05) is 30.3 Å². The first-order valence-electron chi connectivity index (χ1n) is 12.5. The number of ether oxygens (including phenoxy) is 2. The molecule has 3 N–H and O–H groups in total. The molecule has 3 aromatic rings. The SMILES string of the molecule is [N-]=[N+]=Nc1ccccc1[C@@H]1OC(c2ccc(OCCCO)cc2)=N[C@]1(Cc1ccccc1)C(=O)NNCCF. The lowest BCUT2D eigenvalue weighted by Crippen LogP contribution is -2.54. The molecule has 0 aliphatic carbocycles. The molecule has 2 atom stereocenters. The fourth-order valence-corrected chi connectivity index (χ4v) is 4.31. The first-order valence-corrected chi connectivity index (χ1v) is 12.5. The van der Waals surface area contributed by atoms with Gasteiger partial charge in [0, 0.05) is 47.7 Å². The second-order valence-corrected chi connectivity index (χ2v) is 8.77. The number of rotatable bonds is 13. The predicted molar refractivity (Wildman–Crippen MR) is 144 cm³/mol. The summed E-state index contributed by atoms with van der Waals surface area (Å²) in [4.78, 5) is 21.7. The Bertz CT molecular complexity index is 1330. The maximum atomic E-state index is 13.9. The number of azide groups is 1. The molecule has 0 unspecified atom stereocenters. The molecule has 0 bridgehead atoms. The van der Waals surface area contributed by atoms with Crippen LogP contribution >= 0.6 is 0 Å². The van der Waals surface area contributed by atoms with Crippen molar-refractivity contribution < 1.29 is 23.8 Å². The largest absolute Gasteiger partial charge is 0.494 e.